The van der Waals surface area contributed by atoms with Crippen LogP contribution in [0.5, 0.6) is 0 Å². The van der Waals surface area contributed by atoms with E-state index >= 15 is 0 Å². The summed E-state index contributed by atoms with van der Waals surface area (Å²) in [6.45, 7) is 2.14. The highest BCUT2D eigenvalue weighted by Gasteiger charge is 1.86. The van der Waals surface area contributed by atoms with Crippen molar-refractivity contribution in [2.24, 2.45) is 0 Å². The molecule has 0 spiro atoms. The quantitative estimate of drug-likeness (QED) is 0.434. The maximum atomic E-state index is 2.16. The lowest BCUT2D eigenvalue weighted by Gasteiger charge is -1.78. The molecule has 0 nitrogen and oxygen atoms in total. The first kappa shape index (κ1) is 6.48. The van der Waals surface area contributed by atoms with Crippen LogP contribution in [0.3, 0.4) is 0 Å². The minimum Gasteiger partial charge on any atom is -0.0805 e. The predicted octanol–water partition coefficient (Wildman–Crippen LogP) is 2.53. The highest BCUT2D eigenvalue weighted by atomic mass is 13.9. The molecule has 0 saturated heterocycles. The second-order valence-electron chi connectivity index (χ2n) is 1.65. The second kappa shape index (κ2) is 2.62. The minimum absolute atomic E-state index is 0. The molecule has 0 amide bonds. The van der Waals surface area contributed by atoms with Gasteiger partial charge in [0, 0.05) is 0 Å². The van der Waals surface area contributed by atoms with Crippen LogP contribution in [0.15, 0.2) is 23.8 Å². The normalized spacial score (nSPS) is 15.9. The Bertz CT molecular complexity index is 96.6. The van der Waals surface area contributed by atoms with E-state index in [2.05, 4.69) is 25.2 Å². The van der Waals surface area contributed by atoms with E-state index in [9.17, 15) is 0 Å². The summed E-state index contributed by atoms with van der Waals surface area (Å²) in [6, 6.07) is 0. The average Bonchev–Trinajstić information content (AvgIpc) is 1.86. The van der Waals surface area contributed by atoms with E-state index in [1.165, 1.54) is 12.0 Å². The van der Waals surface area contributed by atoms with Crippen molar-refractivity contribution in [3.05, 3.63) is 23.8 Å². The van der Waals surface area contributed by atoms with Gasteiger partial charge in [0.15, 0.2) is 0 Å². The fourth-order valence-electron chi connectivity index (χ4n) is 0.554. The largest absolute Gasteiger partial charge is 0.0805 e. The fraction of sp³-hybridized carbons (Fsp3) is 0.429. The summed E-state index contributed by atoms with van der Waals surface area (Å²) in [5.41, 5.74) is 1.47. The van der Waals surface area contributed by atoms with Gasteiger partial charge in [-0.1, -0.05) is 31.2 Å². The molecule has 0 heterocycles. The van der Waals surface area contributed by atoms with Gasteiger partial charge in [0.05, 0.1) is 0 Å². The molecule has 0 saturated carbocycles. The van der Waals surface area contributed by atoms with E-state index in [1.54, 1.807) is 0 Å². The molecule has 0 N–H and O–H groups in total. The summed E-state index contributed by atoms with van der Waals surface area (Å²) in [4.78, 5) is 0. The van der Waals surface area contributed by atoms with Gasteiger partial charge in [-0.05, 0) is 13.3 Å². The zero-order valence-corrected chi connectivity index (χ0v) is 3.94. The van der Waals surface area contributed by atoms with Crippen molar-refractivity contribution < 1.29 is 0 Å². The van der Waals surface area contributed by atoms with Crippen LogP contribution in [0.1, 0.15) is 20.8 Å². The lowest BCUT2D eigenvalue weighted by molar-refractivity contribution is 1.25. The lowest BCUT2D eigenvalue weighted by atomic mass is 10.3. The Labute approximate surface area is 45.5 Å². The van der Waals surface area contributed by atoms with Gasteiger partial charge in [0.25, 0.3) is 0 Å². The Morgan fingerprint density at radius 2 is 2.29 bits per heavy atom. The second-order valence-corrected chi connectivity index (χ2v) is 1.65. The Balaban J connectivity index is 0.000000360. The monoisotopic (exact) mass is 96.1 g/mol. The number of hydrogen-bond acceptors (Lipinski definition) is 0. The van der Waals surface area contributed by atoms with Crippen molar-refractivity contribution in [3.63, 3.8) is 0 Å². The average molecular weight is 96.2 g/mol. The van der Waals surface area contributed by atoms with Crippen LogP contribution in [0.25, 0.3) is 0 Å². The summed E-state index contributed by atoms with van der Waals surface area (Å²) in [5.74, 6) is 0. The molecule has 1 aliphatic carbocycles. The standard InChI is InChI=1S/C6H8.CH4/c1-6-4-2-3-5-6;/h2-4H,5H2,1H3;1H4. The first-order valence-electron chi connectivity index (χ1n) is 2.22. The van der Waals surface area contributed by atoms with Crippen LogP contribution in [-0.4, -0.2) is 0 Å². The molecule has 0 aliphatic heterocycles. The fourth-order valence-corrected chi connectivity index (χ4v) is 0.554. The summed E-state index contributed by atoms with van der Waals surface area (Å²) >= 11 is 0. The highest BCUT2D eigenvalue weighted by Crippen LogP contribution is 2.06. The Kier molecular flexibility index (Phi) is 2.42. The van der Waals surface area contributed by atoms with Gasteiger partial charge < -0.3 is 0 Å². The topological polar surface area (TPSA) is 0 Å². The van der Waals surface area contributed by atoms with Gasteiger partial charge in [-0.3, -0.25) is 0 Å². The van der Waals surface area contributed by atoms with Crippen molar-refractivity contribution in [2.75, 3.05) is 0 Å². The van der Waals surface area contributed by atoms with Crippen molar-refractivity contribution in [1.29, 1.82) is 0 Å². The number of allylic oxidation sites excluding steroid dienone is 4. The van der Waals surface area contributed by atoms with Crippen LogP contribution >= 0.6 is 0 Å². The van der Waals surface area contributed by atoms with E-state index < -0.39 is 0 Å². The Hall–Kier alpha value is -0.520. The van der Waals surface area contributed by atoms with Gasteiger partial charge in [-0.15, -0.1) is 0 Å². The molecule has 0 aromatic carbocycles. The first-order valence-corrected chi connectivity index (χ1v) is 2.22. The van der Waals surface area contributed by atoms with Crippen LogP contribution in [0.4, 0.5) is 0 Å². The summed E-state index contributed by atoms with van der Waals surface area (Å²) in [7, 11) is 0. The van der Waals surface area contributed by atoms with E-state index in [0.29, 0.717) is 0 Å². The van der Waals surface area contributed by atoms with Gasteiger partial charge in [0.1, 0.15) is 0 Å². The molecule has 0 radical (unpaired) electrons. The number of rotatable bonds is 0. The third kappa shape index (κ3) is 1.58. The molecule has 0 unspecified atom stereocenters. The molecule has 0 fully saturated rings. The molecular weight excluding hydrogens is 84.1 g/mol. The molecular formula is C7H12. The predicted molar refractivity (Wildman–Crippen MR) is 34.2 cm³/mol. The molecule has 1 rings (SSSR count). The van der Waals surface area contributed by atoms with Crippen LogP contribution in [0, 0.1) is 0 Å². The third-order valence-corrected chi connectivity index (χ3v) is 0.957. The van der Waals surface area contributed by atoms with Crippen molar-refractivity contribution in [1.82, 2.24) is 0 Å². The van der Waals surface area contributed by atoms with Gasteiger partial charge in [-0.25, -0.2) is 0 Å². The van der Waals surface area contributed by atoms with E-state index in [4.69, 9.17) is 0 Å². The lowest BCUT2D eigenvalue weighted by Crippen LogP contribution is -1.58. The first-order chi connectivity index (χ1) is 2.89. The van der Waals surface area contributed by atoms with Crippen molar-refractivity contribution >= 4 is 0 Å². The third-order valence-electron chi connectivity index (χ3n) is 0.957. The van der Waals surface area contributed by atoms with E-state index in [-0.39, 0.29) is 7.43 Å². The summed E-state index contributed by atoms with van der Waals surface area (Å²) in [5, 5.41) is 0. The molecule has 0 atom stereocenters. The van der Waals surface area contributed by atoms with Gasteiger partial charge in [0.2, 0.25) is 0 Å². The van der Waals surface area contributed by atoms with E-state index in [1.807, 2.05) is 0 Å². The van der Waals surface area contributed by atoms with Crippen LogP contribution < -0.4 is 0 Å². The Morgan fingerprint density at radius 1 is 1.57 bits per heavy atom. The number of hydrogen-bond donors (Lipinski definition) is 0. The SMILES string of the molecule is C.CC1=CC=CC1. The molecule has 7 heavy (non-hydrogen) atoms. The zero-order valence-electron chi connectivity index (χ0n) is 3.94. The molecule has 1 aliphatic rings. The molecule has 0 bridgehead atoms. The highest BCUT2D eigenvalue weighted by molar-refractivity contribution is 5.20. The van der Waals surface area contributed by atoms with Gasteiger partial charge in [-0.2, -0.15) is 0 Å². The van der Waals surface area contributed by atoms with Gasteiger partial charge >= 0.3 is 0 Å². The summed E-state index contributed by atoms with van der Waals surface area (Å²) < 4.78 is 0. The van der Waals surface area contributed by atoms with E-state index in [0.717, 1.165) is 0 Å². The maximum absolute atomic E-state index is 2.16. The molecule has 0 aromatic heterocycles. The van der Waals surface area contributed by atoms with Crippen molar-refractivity contribution in [2.45, 2.75) is 20.8 Å². The summed E-state index contributed by atoms with van der Waals surface area (Å²) in [6.07, 6.45) is 7.56. The molecule has 0 heteroatoms. The van der Waals surface area contributed by atoms with Crippen molar-refractivity contribution in [3.8, 4) is 0 Å². The molecule has 40 valence electrons. The van der Waals surface area contributed by atoms with Crippen LogP contribution in [0.2, 0.25) is 0 Å². The van der Waals surface area contributed by atoms with Crippen LogP contribution in [-0.2, 0) is 0 Å². The maximum Gasteiger partial charge on any atom is -0.0135 e. The smallest absolute Gasteiger partial charge is 0.0135 e. The Morgan fingerprint density at radius 3 is 2.43 bits per heavy atom. The minimum atomic E-state index is 0. The molecule has 0 aromatic rings. The zero-order chi connectivity index (χ0) is 4.41.